The summed E-state index contributed by atoms with van der Waals surface area (Å²) in [5, 5.41) is 2.75. The van der Waals surface area contributed by atoms with E-state index in [0.29, 0.717) is 6.54 Å². The van der Waals surface area contributed by atoms with Gasteiger partial charge in [0, 0.05) is 24.4 Å². The first-order valence-electron chi connectivity index (χ1n) is 7.84. The van der Waals surface area contributed by atoms with Crippen molar-refractivity contribution >= 4 is 29.6 Å². The lowest BCUT2D eigenvalue weighted by Crippen LogP contribution is -2.32. The van der Waals surface area contributed by atoms with E-state index in [1.807, 2.05) is 30.4 Å². The van der Waals surface area contributed by atoms with Crippen molar-refractivity contribution in [2.24, 2.45) is 0 Å². The molecular formula is C19H20N4O. The third-order valence-corrected chi connectivity index (χ3v) is 4.03. The summed E-state index contributed by atoms with van der Waals surface area (Å²) in [7, 11) is 0. The van der Waals surface area contributed by atoms with E-state index in [1.54, 1.807) is 12.4 Å². The number of hydrogen-bond donors (Lipinski definition) is 2. The van der Waals surface area contributed by atoms with Crippen LogP contribution in [0.4, 0.5) is 0 Å². The third kappa shape index (κ3) is 3.51. The average Bonchev–Trinajstić information content (AvgIpc) is 3.01. The number of H-pyrrole nitrogens is 1. The number of rotatable bonds is 6. The molecule has 0 saturated heterocycles. The molecule has 0 radical (unpaired) electrons. The third-order valence-electron chi connectivity index (χ3n) is 4.03. The van der Waals surface area contributed by atoms with Gasteiger partial charge in [0.1, 0.15) is 5.82 Å². The molecule has 0 aliphatic heterocycles. The van der Waals surface area contributed by atoms with Gasteiger partial charge in [-0.25, -0.2) is 4.98 Å². The van der Waals surface area contributed by atoms with Crippen LogP contribution in [0.25, 0.3) is 23.2 Å². The van der Waals surface area contributed by atoms with Gasteiger partial charge in [-0.2, -0.15) is 0 Å². The highest BCUT2D eigenvalue weighted by molar-refractivity contribution is 5.79. The van der Waals surface area contributed by atoms with Gasteiger partial charge in [0.2, 0.25) is 6.41 Å². The number of carbonyl (C=O) groups is 1. The van der Waals surface area contributed by atoms with Crippen molar-refractivity contribution in [2.75, 3.05) is 6.54 Å². The molecule has 3 rings (SSSR count). The Morgan fingerprint density at radius 2 is 2.12 bits per heavy atom. The number of amides is 1. The number of imidazole rings is 1. The van der Waals surface area contributed by atoms with Crippen LogP contribution in [0.3, 0.4) is 0 Å². The van der Waals surface area contributed by atoms with Crippen molar-refractivity contribution in [3.05, 3.63) is 59.7 Å². The number of nitrogens with one attached hydrogen (secondary N) is 2. The van der Waals surface area contributed by atoms with Crippen LogP contribution in [-0.4, -0.2) is 27.9 Å². The summed E-state index contributed by atoms with van der Waals surface area (Å²) < 4.78 is 0. The van der Waals surface area contributed by atoms with Crippen molar-refractivity contribution in [2.45, 2.75) is 19.3 Å². The van der Waals surface area contributed by atoms with E-state index in [2.05, 4.69) is 46.2 Å². The van der Waals surface area contributed by atoms with E-state index in [4.69, 9.17) is 0 Å². The highest BCUT2D eigenvalue weighted by Gasteiger charge is 2.20. The summed E-state index contributed by atoms with van der Waals surface area (Å²) in [5.41, 5.74) is 3.92. The molecule has 122 valence electrons. The zero-order chi connectivity index (χ0) is 17.0. The first kappa shape index (κ1) is 15.9. The first-order valence-corrected chi connectivity index (χ1v) is 7.84. The molecule has 1 aromatic carbocycles. The lowest BCUT2D eigenvalue weighted by atomic mass is 9.84. The van der Waals surface area contributed by atoms with Gasteiger partial charge in [0.25, 0.3) is 0 Å². The molecular weight excluding hydrogens is 300 g/mol. The predicted octanol–water partition coefficient (Wildman–Crippen LogP) is 3.15. The maximum atomic E-state index is 10.5. The van der Waals surface area contributed by atoms with Gasteiger partial charge in [-0.05, 0) is 41.5 Å². The van der Waals surface area contributed by atoms with Crippen LogP contribution in [-0.2, 0) is 10.2 Å². The monoisotopic (exact) mass is 320 g/mol. The van der Waals surface area contributed by atoms with Crippen molar-refractivity contribution < 1.29 is 4.79 Å². The average molecular weight is 320 g/mol. The SMILES string of the molecule is CC(C)(CNC=O)c1ccc2[nH]c(C=Cc3cccnc3)nc2c1. The van der Waals surface area contributed by atoms with E-state index in [1.165, 1.54) is 0 Å². The molecule has 0 aliphatic carbocycles. The van der Waals surface area contributed by atoms with E-state index in [0.717, 1.165) is 34.4 Å². The Balaban J connectivity index is 1.86. The Labute approximate surface area is 140 Å². The summed E-state index contributed by atoms with van der Waals surface area (Å²) in [5.74, 6) is 0.801. The number of hydrogen-bond acceptors (Lipinski definition) is 3. The molecule has 1 amide bonds. The van der Waals surface area contributed by atoms with E-state index in [9.17, 15) is 4.79 Å². The fourth-order valence-corrected chi connectivity index (χ4v) is 2.57. The summed E-state index contributed by atoms with van der Waals surface area (Å²) in [6, 6.07) is 10.1. The van der Waals surface area contributed by atoms with Gasteiger partial charge in [0.05, 0.1) is 11.0 Å². The number of carbonyl (C=O) groups excluding carboxylic acids is 1. The zero-order valence-electron chi connectivity index (χ0n) is 13.8. The Hall–Kier alpha value is -2.95. The lowest BCUT2D eigenvalue weighted by molar-refractivity contribution is -0.109. The standard InChI is InChI=1S/C19H20N4O/c1-19(2,12-21-13-24)15-6-7-16-17(10-15)23-18(22-16)8-5-14-4-3-9-20-11-14/h3-11,13H,12H2,1-2H3,(H,21,24)(H,22,23). The van der Waals surface area contributed by atoms with Crippen LogP contribution in [0.1, 0.15) is 30.8 Å². The summed E-state index contributed by atoms with van der Waals surface area (Å²) in [6.07, 6.45) is 8.20. The minimum atomic E-state index is -0.153. The van der Waals surface area contributed by atoms with Gasteiger partial charge in [-0.1, -0.05) is 26.0 Å². The molecule has 3 aromatic rings. The van der Waals surface area contributed by atoms with Crippen molar-refractivity contribution in [3.63, 3.8) is 0 Å². The van der Waals surface area contributed by atoms with Gasteiger partial charge >= 0.3 is 0 Å². The van der Waals surface area contributed by atoms with Crippen molar-refractivity contribution in [1.29, 1.82) is 0 Å². The molecule has 2 aromatic heterocycles. The molecule has 0 spiro atoms. The van der Waals surface area contributed by atoms with Crippen LogP contribution >= 0.6 is 0 Å². The molecule has 2 heterocycles. The van der Waals surface area contributed by atoms with Gasteiger partial charge in [0.15, 0.2) is 0 Å². The lowest BCUT2D eigenvalue weighted by Gasteiger charge is -2.24. The van der Waals surface area contributed by atoms with Crippen molar-refractivity contribution in [1.82, 2.24) is 20.3 Å². The number of fused-ring (bicyclic) bond motifs is 1. The summed E-state index contributed by atoms with van der Waals surface area (Å²) >= 11 is 0. The molecule has 0 atom stereocenters. The minimum Gasteiger partial charge on any atom is -0.358 e. The fraction of sp³-hybridized carbons (Fsp3) is 0.211. The smallest absolute Gasteiger partial charge is 0.207 e. The van der Waals surface area contributed by atoms with Gasteiger partial charge in [-0.15, -0.1) is 0 Å². The van der Waals surface area contributed by atoms with Crippen LogP contribution in [0.2, 0.25) is 0 Å². The molecule has 0 bridgehead atoms. The normalized spacial score (nSPS) is 11.9. The molecule has 5 nitrogen and oxygen atoms in total. The number of nitrogens with zero attached hydrogens (tertiary/aromatic N) is 2. The molecule has 0 fully saturated rings. The Kier molecular flexibility index (Phi) is 4.42. The van der Waals surface area contributed by atoms with Crippen LogP contribution in [0.5, 0.6) is 0 Å². The number of aromatic amines is 1. The van der Waals surface area contributed by atoms with Gasteiger partial charge in [-0.3, -0.25) is 9.78 Å². The molecule has 0 aliphatic rings. The Bertz CT molecular complexity index is 865. The van der Waals surface area contributed by atoms with Crippen LogP contribution in [0.15, 0.2) is 42.7 Å². The maximum absolute atomic E-state index is 10.5. The molecule has 2 N–H and O–H groups in total. The Morgan fingerprint density at radius 3 is 2.88 bits per heavy atom. The zero-order valence-corrected chi connectivity index (χ0v) is 13.8. The fourth-order valence-electron chi connectivity index (χ4n) is 2.57. The van der Waals surface area contributed by atoms with Gasteiger partial charge < -0.3 is 10.3 Å². The number of pyridine rings is 1. The van der Waals surface area contributed by atoms with Crippen molar-refractivity contribution in [3.8, 4) is 0 Å². The summed E-state index contributed by atoms with van der Waals surface area (Å²) in [4.78, 5) is 22.6. The number of aromatic nitrogens is 3. The van der Waals surface area contributed by atoms with Crippen LogP contribution in [0, 0.1) is 0 Å². The van der Waals surface area contributed by atoms with E-state index < -0.39 is 0 Å². The second kappa shape index (κ2) is 6.66. The molecule has 5 heteroatoms. The largest absolute Gasteiger partial charge is 0.358 e. The number of benzene rings is 1. The second-order valence-corrected chi connectivity index (χ2v) is 6.36. The first-order chi connectivity index (χ1) is 11.6. The van der Waals surface area contributed by atoms with E-state index >= 15 is 0 Å². The quantitative estimate of drug-likeness (QED) is 0.685. The molecule has 24 heavy (non-hydrogen) atoms. The minimum absolute atomic E-state index is 0.153. The molecule has 0 saturated carbocycles. The van der Waals surface area contributed by atoms with Crippen LogP contribution < -0.4 is 5.32 Å². The second-order valence-electron chi connectivity index (χ2n) is 6.36. The topological polar surface area (TPSA) is 70.7 Å². The highest BCUT2D eigenvalue weighted by Crippen LogP contribution is 2.25. The maximum Gasteiger partial charge on any atom is 0.207 e. The predicted molar refractivity (Wildman–Crippen MR) is 96.4 cm³/mol. The highest BCUT2D eigenvalue weighted by atomic mass is 16.1. The molecule has 0 unspecified atom stereocenters. The summed E-state index contributed by atoms with van der Waals surface area (Å²) in [6.45, 7) is 4.78. The Morgan fingerprint density at radius 1 is 1.25 bits per heavy atom. The van der Waals surface area contributed by atoms with E-state index in [-0.39, 0.29) is 5.41 Å².